The summed E-state index contributed by atoms with van der Waals surface area (Å²) in [6.07, 6.45) is 6.11. The molecule has 1 amide bonds. The first-order chi connectivity index (χ1) is 12.7. The van der Waals surface area contributed by atoms with E-state index >= 15 is 0 Å². The Hall–Kier alpha value is -3.02. The molecule has 3 aromatic rings. The summed E-state index contributed by atoms with van der Waals surface area (Å²) >= 11 is 0. The molecule has 0 saturated carbocycles. The van der Waals surface area contributed by atoms with Crippen LogP contribution in [0.15, 0.2) is 48.8 Å². The molecule has 2 aromatic heterocycles. The van der Waals surface area contributed by atoms with Crippen molar-refractivity contribution >= 4 is 5.91 Å². The predicted molar refractivity (Wildman–Crippen MR) is 97.5 cm³/mol. The standard InChI is InChI=1S/C20H21N5O/c1-14(26)22-13-20-23-19(9-15-5-4-8-21-12-15)24-25(20)18-10-16-6-2-3-7-17(16)11-18/h2-8,12,18H,9-11,13H2,1H3,(H,22,26). The van der Waals surface area contributed by atoms with Gasteiger partial charge < -0.3 is 5.32 Å². The summed E-state index contributed by atoms with van der Waals surface area (Å²) in [5.41, 5.74) is 3.81. The van der Waals surface area contributed by atoms with E-state index in [0.717, 1.165) is 30.1 Å². The lowest BCUT2D eigenvalue weighted by Gasteiger charge is -2.13. The second-order valence-corrected chi connectivity index (χ2v) is 6.67. The fourth-order valence-corrected chi connectivity index (χ4v) is 3.49. The molecule has 0 saturated heterocycles. The van der Waals surface area contributed by atoms with Crippen molar-refractivity contribution in [2.24, 2.45) is 0 Å². The van der Waals surface area contributed by atoms with Gasteiger partial charge in [-0.3, -0.25) is 9.78 Å². The van der Waals surface area contributed by atoms with Crippen LogP contribution in [0, 0.1) is 0 Å². The Balaban J connectivity index is 1.60. The fraction of sp³-hybridized carbons (Fsp3) is 0.300. The van der Waals surface area contributed by atoms with Crippen molar-refractivity contribution < 1.29 is 4.79 Å². The molecule has 1 aromatic carbocycles. The summed E-state index contributed by atoms with van der Waals surface area (Å²) in [6, 6.07) is 12.7. The molecule has 0 spiro atoms. The summed E-state index contributed by atoms with van der Waals surface area (Å²) in [7, 11) is 0. The third kappa shape index (κ3) is 3.49. The normalized spacial score (nSPS) is 13.6. The maximum atomic E-state index is 11.3. The van der Waals surface area contributed by atoms with Gasteiger partial charge in [0.1, 0.15) is 5.82 Å². The SMILES string of the molecule is CC(=O)NCc1nc(Cc2cccnc2)nn1C1Cc2ccccc2C1. The smallest absolute Gasteiger partial charge is 0.217 e. The van der Waals surface area contributed by atoms with Gasteiger partial charge in [-0.25, -0.2) is 9.67 Å². The van der Waals surface area contributed by atoms with E-state index in [1.165, 1.54) is 18.1 Å². The molecule has 1 N–H and O–H groups in total. The molecule has 6 nitrogen and oxygen atoms in total. The van der Waals surface area contributed by atoms with E-state index in [2.05, 4.69) is 34.6 Å². The third-order valence-corrected chi connectivity index (χ3v) is 4.70. The molecular formula is C20H21N5O. The van der Waals surface area contributed by atoms with E-state index in [1.807, 2.05) is 23.0 Å². The maximum Gasteiger partial charge on any atom is 0.217 e. The highest BCUT2D eigenvalue weighted by molar-refractivity contribution is 5.72. The minimum atomic E-state index is -0.0666. The van der Waals surface area contributed by atoms with Crippen LogP contribution in [-0.2, 0) is 30.6 Å². The molecular weight excluding hydrogens is 326 g/mol. The van der Waals surface area contributed by atoms with Gasteiger partial charge in [-0.15, -0.1) is 0 Å². The van der Waals surface area contributed by atoms with Crippen LogP contribution in [0.3, 0.4) is 0 Å². The van der Waals surface area contributed by atoms with Crippen LogP contribution in [0.5, 0.6) is 0 Å². The molecule has 4 rings (SSSR count). The Labute approximate surface area is 152 Å². The van der Waals surface area contributed by atoms with Gasteiger partial charge in [0.2, 0.25) is 5.91 Å². The van der Waals surface area contributed by atoms with Crippen LogP contribution in [0.1, 0.15) is 41.3 Å². The number of fused-ring (bicyclic) bond motifs is 1. The molecule has 0 unspecified atom stereocenters. The van der Waals surface area contributed by atoms with Gasteiger partial charge in [0.05, 0.1) is 12.6 Å². The van der Waals surface area contributed by atoms with E-state index in [1.54, 1.807) is 6.20 Å². The van der Waals surface area contributed by atoms with E-state index in [-0.39, 0.29) is 11.9 Å². The maximum absolute atomic E-state index is 11.3. The molecule has 0 radical (unpaired) electrons. The number of carbonyl (C=O) groups is 1. The van der Waals surface area contributed by atoms with Crippen molar-refractivity contribution in [3.8, 4) is 0 Å². The Kier molecular flexibility index (Phi) is 4.48. The van der Waals surface area contributed by atoms with Crippen LogP contribution in [0.25, 0.3) is 0 Å². The van der Waals surface area contributed by atoms with E-state index in [0.29, 0.717) is 13.0 Å². The highest BCUT2D eigenvalue weighted by Gasteiger charge is 2.26. The van der Waals surface area contributed by atoms with Gasteiger partial charge in [0.25, 0.3) is 0 Å². The summed E-state index contributed by atoms with van der Waals surface area (Å²) in [4.78, 5) is 20.2. The van der Waals surface area contributed by atoms with Crippen molar-refractivity contribution in [2.75, 3.05) is 0 Å². The second kappa shape index (κ2) is 7.07. The number of aromatic nitrogens is 4. The third-order valence-electron chi connectivity index (χ3n) is 4.70. The number of nitrogens with one attached hydrogen (secondary N) is 1. The minimum Gasteiger partial charge on any atom is -0.349 e. The average Bonchev–Trinajstić information content (AvgIpc) is 3.24. The first-order valence-corrected chi connectivity index (χ1v) is 8.83. The van der Waals surface area contributed by atoms with Crippen molar-refractivity contribution in [2.45, 2.75) is 38.8 Å². The van der Waals surface area contributed by atoms with Gasteiger partial charge in [-0.1, -0.05) is 30.3 Å². The molecule has 2 heterocycles. The lowest BCUT2D eigenvalue weighted by molar-refractivity contribution is -0.119. The number of benzene rings is 1. The number of carbonyl (C=O) groups excluding carboxylic acids is 1. The summed E-state index contributed by atoms with van der Waals surface area (Å²) in [5.74, 6) is 1.49. The number of hydrogen-bond donors (Lipinski definition) is 1. The van der Waals surface area contributed by atoms with Crippen molar-refractivity contribution in [3.05, 3.63) is 77.1 Å². The van der Waals surface area contributed by atoms with E-state index < -0.39 is 0 Å². The highest BCUT2D eigenvalue weighted by atomic mass is 16.1. The zero-order valence-corrected chi connectivity index (χ0v) is 14.7. The number of amides is 1. The Morgan fingerprint density at radius 1 is 1.19 bits per heavy atom. The zero-order valence-electron chi connectivity index (χ0n) is 14.7. The Morgan fingerprint density at radius 3 is 2.62 bits per heavy atom. The molecule has 26 heavy (non-hydrogen) atoms. The van der Waals surface area contributed by atoms with Gasteiger partial charge in [0, 0.05) is 25.7 Å². The zero-order chi connectivity index (χ0) is 17.9. The van der Waals surface area contributed by atoms with E-state index in [4.69, 9.17) is 10.1 Å². The van der Waals surface area contributed by atoms with Crippen LogP contribution < -0.4 is 5.32 Å². The lowest BCUT2D eigenvalue weighted by atomic mass is 10.1. The molecule has 1 aliphatic carbocycles. The topological polar surface area (TPSA) is 72.7 Å². The number of pyridine rings is 1. The molecule has 0 aliphatic heterocycles. The first kappa shape index (κ1) is 16.4. The summed E-state index contributed by atoms with van der Waals surface area (Å²) < 4.78 is 2.00. The van der Waals surface area contributed by atoms with Crippen molar-refractivity contribution in [3.63, 3.8) is 0 Å². The van der Waals surface area contributed by atoms with Gasteiger partial charge in [-0.2, -0.15) is 5.10 Å². The fourth-order valence-electron chi connectivity index (χ4n) is 3.49. The second-order valence-electron chi connectivity index (χ2n) is 6.67. The molecule has 6 heteroatoms. The van der Waals surface area contributed by atoms with Gasteiger partial charge in [0.15, 0.2) is 5.82 Å². The molecule has 0 fully saturated rings. The van der Waals surface area contributed by atoms with Gasteiger partial charge >= 0.3 is 0 Å². The number of hydrogen-bond acceptors (Lipinski definition) is 4. The van der Waals surface area contributed by atoms with E-state index in [9.17, 15) is 4.79 Å². The predicted octanol–water partition coefficient (Wildman–Crippen LogP) is 2.24. The average molecular weight is 347 g/mol. The number of nitrogens with zero attached hydrogens (tertiary/aromatic N) is 4. The van der Waals surface area contributed by atoms with Crippen LogP contribution in [-0.4, -0.2) is 25.7 Å². The first-order valence-electron chi connectivity index (χ1n) is 8.83. The highest BCUT2D eigenvalue weighted by Crippen LogP contribution is 2.30. The molecule has 0 atom stereocenters. The van der Waals surface area contributed by atoms with Crippen molar-refractivity contribution in [1.29, 1.82) is 0 Å². The Bertz CT molecular complexity index is 894. The summed E-state index contributed by atoms with van der Waals surface area (Å²) in [5, 5.41) is 7.62. The van der Waals surface area contributed by atoms with Crippen LogP contribution >= 0.6 is 0 Å². The van der Waals surface area contributed by atoms with Crippen LogP contribution in [0.2, 0.25) is 0 Å². The number of rotatable bonds is 5. The monoisotopic (exact) mass is 347 g/mol. The van der Waals surface area contributed by atoms with Crippen molar-refractivity contribution in [1.82, 2.24) is 25.1 Å². The molecule has 132 valence electrons. The molecule has 1 aliphatic rings. The molecule has 0 bridgehead atoms. The lowest BCUT2D eigenvalue weighted by Crippen LogP contribution is -2.23. The Morgan fingerprint density at radius 2 is 1.96 bits per heavy atom. The largest absolute Gasteiger partial charge is 0.349 e. The van der Waals surface area contributed by atoms with Gasteiger partial charge in [-0.05, 0) is 35.6 Å². The summed E-state index contributed by atoms with van der Waals surface area (Å²) in [6.45, 7) is 1.91. The quantitative estimate of drug-likeness (QED) is 0.768. The van der Waals surface area contributed by atoms with Crippen LogP contribution in [0.4, 0.5) is 0 Å². The minimum absolute atomic E-state index is 0.0666.